The van der Waals surface area contributed by atoms with Crippen molar-refractivity contribution in [2.45, 2.75) is 32.1 Å². The molecule has 0 aliphatic rings. The third kappa shape index (κ3) is 14.6. The molecule has 0 fully saturated rings. The summed E-state index contributed by atoms with van der Waals surface area (Å²) in [6, 6.07) is -0.380. The van der Waals surface area contributed by atoms with Gasteiger partial charge < -0.3 is 15.7 Å². The number of carboxylic acids is 1. The third-order valence-electron chi connectivity index (χ3n) is 2.36. The Balaban J connectivity index is 3.37. The van der Waals surface area contributed by atoms with Gasteiger partial charge in [-0.2, -0.15) is 0 Å². The molecule has 0 aliphatic carbocycles. The zero-order chi connectivity index (χ0) is 14.7. The number of carbonyl (C=O) groups is 2. The number of carbonyl (C=O) groups excluding carboxylic acids is 1. The van der Waals surface area contributed by atoms with Crippen LogP contribution in [0.4, 0.5) is 4.79 Å². The van der Waals surface area contributed by atoms with Crippen LogP contribution in [0.3, 0.4) is 0 Å². The van der Waals surface area contributed by atoms with Crippen molar-refractivity contribution < 1.29 is 23.1 Å². The molecular formula is C11H22N2O5S. The van der Waals surface area contributed by atoms with Crippen LogP contribution in [0.2, 0.25) is 0 Å². The van der Waals surface area contributed by atoms with Crippen molar-refractivity contribution in [3.8, 4) is 0 Å². The van der Waals surface area contributed by atoms with E-state index in [1.165, 1.54) is 0 Å². The molecule has 0 saturated heterocycles. The normalized spacial score (nSPS) is 11.0. The molecule has 8 heteroatoms. The summed E-state index contributed by atoms with van der Waals surface area (Å²) < 4.78 is 21.6. The summed E-state index contributed by atoms with van der Waals surface area (Å²) in [5.41, 5.74) is 0. The maximum Gasteiger partial charge on any atom is 0.314 e. The lowest BCUT2D eigenvalue weighted by Gasteiger charge is -2.06. The topological polar surface area (TPSA) is 113 Å². The predicted octanol–water partition coefficient (Wildman–Crippen LogP) is 0.365. The van der Waals surface area contributed by atoms with E-state index in [1.807, 2.05) is 0 Å². The molecule has 7 nitrogen and oxygen atoms in total. The van der Waals surface area contributed by atoms with Gasteiger partial charge in [-0.15, -0.1) is 0 Å². The van der Waals surface area contributed by atoms with Crippen LogP contribution in [0.15, 0.2) is 0 Å². The molecule has 0 bridgehead atoms. The summed E-state index contributed by atoms with van der Waals surface area (Å²) >= 11 is 0. The number of hydrogen-bond acceptors (Lipinski definition) is 4. The largest absolute Gasteiger partial charge is 0.481 e. The molecule has 0 spiro atoms. The molecule has 19 heavy (non-hydrogen) atoms. The van der Waals surface area contributed by atoms with Crippen LogP contribution in [0, 0.1) is 0 Å². The highest BCUT2D eigenvalue weighted by molar-refractivity contribution is 7.90. The minimum atomic E-state index is -3.05. The lowest BCUT2D eigenvalue weighted by molar-refractivity contribution is -0.137. The molecule has 2 amide bonds. The number of nitrogens with one attached hydrogen (secondary N) is 2. The lowest BCUT2D eigenvalue weighted by Crippen LogP contribution is -2.38. The van der Waals surface area contributed by atoms with Crippen molar-refractivity contribution in [1.82, 2.24) is 10.6 Å². The van der Waals surface area contributed by atoms with Crippen molar-refractivity contribution in [3.63, 3.8) is 0 Å². The van der Waals surface area contributed by atoms with Crippen LogP contribution in [-0.2, 0) is 14.6 Å². The maximum absolute atomic E-state index is 11.2. The molecule has 0 rings (SSSR count). The van der Waals surface area contributed by atoms with E-state index in [-0.39, 0.29) is 24.7 Å². The molecule has 0 aromatic carbocycles. The van der Waals surface area contributed by atoms with Crippen LogP contribution >= 0.6 is 0 Å². The van der Waals surface area contributed by atoms with Crippen LogP contribution in [-0.4, -0.2) is 50.6 Å². The number of hydrogen-bond donors (Lipinski definition) is 3. The second-order valence-corrected chi connectivity index (χ2v) is 6.63. The Hall–Kier alpha value is -1.31. The summed E-state index contributed by atoms with van der Waals surface area (Å²) in [6.45, 7) is 0.598. The first-order chi connectivity index (χ1) is 8.81. The van der Waals surface area contributed by atoms with E-state index >= 15 is 0 Å². The van der Waals surface area contributed by atoms with Crippen LogP contribution < -0.4 is 10.6 Å². The molecule has 0 aromatic rings. The Morgan fingerprint density at radius 1 is 1.00 bits per heavy atom. The molecule has 0 unspecified atom stereocenters. The second-order valence-electron chi connectivity index (χ2n) is 4.37. The molecule has 0 saturated carbocycles. The molecule has 0 atom stereocenters. The Morgan fingerprint density at radius 2 is 1.58 bits per heavy atom. The number of urea groups is 1. The van der Waals surface area contributed by atoms with E-state index < -0.39 is 15.8 Å². The van der Waals surface area contributed by atoms with Crippen molar-refractivity contribution in [2.75, 3.05) is 25.1 Å². The zero-order valence-corrected chi connectivity index (χ0v) is 12.0. The molecule has 0 aromatic heterocycles. The van der Waals surface area contributed by atoms with Crippen LogP contribution in [0.5, 0.6) is 0 Å². The monoisotopic (exact) mass is 294 g/mol. The van der Waals surface area contributed by atoms with Crippen molar-refractivity contribution in [2.24, 2.45) is 0 Å². The first kappa shape index (κ1) is 17.7. The van der Waals surface area contributed by atoms with E-state index in [1.54, 1.807) is 0 Å². The fourth-order valence-corrected chi connectivity index (χ4v) is 1.84. The lowest BCUT2D eigenvalue weighted by atomic mass is 10.1. The molecule has 0 aliphatic heterocycles. The predicted molar refractivity (Wildman–Crippen MR) is 71.8 cm³/mol. The zero-order valence-electron chi connectivity index (χ0n) is 11.1. The van der Waals surface area contributed by atoms with Gasteiger partial charge >= 0.3 is 12.0 Å². The van der Waals surface area contributed by atoms with Crippen LogP contribution in [0.25, 0.3) is 0 Å². The SMILES string of the molecule is CS(=O)(=O)CCNC(=O)NCCCCCCC(=O)O. The highest BCUT2D eigenvalue weighted by Crippen LogP contribution is 2.01. The summed E-state index contributed by atoms with van der Waals surface area (Å²) in [6.07, 6.45) is 4.40. The summed E-state index contributed by atoms with van der Waals surface area (Å²) in [5, 5.41) is 13.5. The van der Waals surface area contributed by atoms with Crippen molar-refractivity contribution >= 4 is 21.8 Å². The van der Waals surface area contributed by atoms with Gasteiger partial charge in [0.2, 0.25) is 0 Å². The Kier molecular flexibility index (Phi) is 8.94. The number of rotatable bonds is 10. The van der Waals surface area contributed by atoms with E-state index in [0.29, 0.717) is 13.0 Å². The van der Waals surface area contributed by atoms with Gasteiger partial charge in [-0.05, 0) is 12.8 Å². The third-order valence-corrected chi connectivity index (χ3v) is 3.31. The highest BCUT2D eigenvalue weighted by atomic mass is 32.2. The van der Waals surface area contributed by atoms with Gasteiger partial charge in [-0.25, -0.2) is 13.2 Å². The highest BCUT2D eigenvalue weighted by Gasteiger charge is 2.04. The number of aliphatic carboxylic acids is 1. The Morgan fingerprint density at radius 3 is 2.16 bits per heavy atom. The van der Waals surface area contributed by atoms with E-state index in [2.05, 4.69) is 10.6 Å². The summed E-state index contributed by atoms with van der Waals surface area (Å²) in [5.74, 6) is -0.862. The van der Waals surface area contributed by atoms with Gasteiger partial charge in [0.1, 0.15) is 9.84 Å². The van der Waals surface area contributed by atoms with Gasteiger partial charge in [0, 0.05) is 25.8 Å². The Labute approximate surface area is 113 Å². The minimum absolute atomic E-state index is 0.0738. The van der Waals surface area contributed by atoms with Crippen molar-refractivity contribution in [1.29, 1.82) is 0 Å². The van der Waals surface area contributed by atoms with E-state index in [9.17, 15) is 18.0 Å². The molecule has 112 valence electrons. The standard InChI is InChI=1S/C11H22N2O5S/c1-19(17,18)9-8-13-11(16)12-7-5-3-2-4-6-10(14)15/h2-9H2,1H3,(H,14,15)(H2,12,13,16). The van der Waals surface area contributed by atoms with Gasteiger partial charge in [-0.1, -0.05) is 12.8 Å². The van der Waals surface area contributed by atoms with E-state index in [4.69, 9.17) is 5.11 Å². The average Bonchev–Trinajstić information content (AvgIpc) is 2.25. The number of carboxylic acid groups (broad SMARTS) is 1. The smallest absolute Gasteiger partial charge is 0.314 e. The summed E-state index contributed by atoms with van der Waals surface area (Å²) in [4.78, 5) is 21.5. The fraction of sp³-hybridized carbons (Fsp3) is 0.818. The maximum atomic E-state index is 11.2. The average molecular weight is 294 g/mol. The molecular weight excluding hydrogens is 272 g/mol. The molecule has 0 radical (unpaired) electrons. The van der Waals surface area contributed by atoms with Gasteiger partial charge in [-0.3, -0.25) is 4.79 Å². The second kappa shape index (κ2) is 9.60. The Bertz CT molecular complexity index is 381. The number of unbranched alkanes of at least 4 members (excludes halogenated alkanes) is 3. The number of sulfone groups is 1. The fourth-order valence-electron chi connectivity index (χ4n) is 1.37. The minimum Gasteiger partial charge on any atom is -0.481 e. The molecule has 0 heterocycles. The van der Waals surface area contributed by atoms with Crippen LogP contribution in [0.1, 0.15) is 32.1 Å². The van der Waals surface area contributed by atoms with Gasteiger partial charge in [0.15, 0.2) is 0 Å². The quantitative estimate of drug-likeness (QED) is 0.504. The first-order valence-electron chi connectivity index (χ1n) is 6.22. The van der Waals surface area contributed by atoms with Crippen molar-refractivity contribution in [3.05, 3.63) is 0 Å². The number of amides is 2. The summed E-state index contributed by atoms with van der Waals surface area (Å²) in [7, 11) is -3.05. The van der Waals surface area contributed by atoms with E-state index in [0.717, 1.165) is 25.5 Å². The first-order valence-corrected chi connectivity index (χ1v) is 8.28. The van der Waals surface area contributed by atoms with Gasteiger partial charge in [0.25, 0.3) is 0 Å². The van der Waals surface area contributed by atoms with Gasteiger partial charge in [0.05, 0.1) is 5.75 Å². The molecule has 3 N–H and O–H groups in total.